The zero-order valence-corrected chi connectivity index (χ0v) is 21.9. The number of methoxy groups -OCH3 is 2. The van der Waals surface area contributed by atoms with Gasteiger partial charge < -0.3 is 19.1 Å². The first-order valence-corrected chi connectivity index (χ1v) is 13.1. The van der Waals surface area contributed by atoms with Gasteiger partial charge in [0.15, 0.2) is 5.65 Å². The first-order valence-electron chi connectivity index (χ1n) is 13.1. The molecule has 3 fully saturated rings. The predicted octanol–water partition coefficient (Wildman–Crippen LogP) is 3.16. The minimum absolute atomic E-state index is 0.461. The van der Waals surface area contributed by atoms with Gasteiger partial charge in [0.25, 0.3) is 0 Å². The SMILES string of the molecule is COCCOc1cc(-c2ccc(N3CC4CC(C3)N4Cc3ccc(OC)nc3)nc2)c2c3cn[nH]c3nn2c1. The molecule has 11 heteroatoms. The molecule has 0 radical (unpaired) electrons. The summed E-state index contributed by atoms with van der Waals surface area (Å²) in [5, 5.41) is 12.7. The van der Waals surface area contributed by atoms with Crippen LogP contribution < -0.4 is 14.4 Å². The highest BCUT2D eigenvalue weighted by Gasteiger charge is 2.44. The molecule has 5 aromatic rings. The van der Waals surface area contributed by atoms with Crippen LogP contribution in [0.1, 0.15) is 12.0 Å². The molecular weight excluding hydrogens is 496 g/mol. The van der Waals surface area contributed by atoms with Crippen molar-refractivity contribution in [2.24, 2.45) is 0 Å². The third-order valence-corrected chi connectivity index (χ3v) is 7.76. The van der Waals surface area contributed by atoms with Crippen molar-refractivity contribution in [1.82, 2.24) is 34.7 Å². The lowest BCUT2D eigenvalue weighted by Crippen LogP contribution is -2.68. The molecule has 2 atom stereocenters. The molecule has 0 aliphatic carbocycles. The molecule has 8 heterocycles. The van der Waals surface area contributed by atoms with E-state index >= 15 is 0 Å². The number of ether oxygens (including phenoxy) is 3. The number of H-pyrrole nitrogens is 1. The Kier molecular flexibility index (Phi) is 6.01. The van der Waals surface area contributed by atoms with Crippen molar-refractivity contribution >= 4 is 22.4 Å². The molecule has 11 nitrogen and oxygen atoms in total. The normalized spacial score (nSPS) is 19.0. The maximum atomic E-state index is 5.93. The summed E-state index contributed by atoms with van der Waals surface area (Å²) in [6, 6.07) is 11.4. The summed E-state index contributed by atoms with van der Waals surface area (Å²) in [6.07, 6.45) is 8.79. The van der Waals surface area contributed by atoms with E-state index in [1.807, 2.05) is 41.4 Å². The van der Waals surface area contributed by atoms with Gasteiger partial charge in [-0.2, -0.15) is 5.10 Å². The summed E-state index contributed by atoms with van der Waals surface area (Å²) in [7, 11) is 3.31. The van der Waals surface area contributed by atoms with Crippen molar-refractivity contribution in [3.8, 4) is 22.8 Å². The Labute approximate surface area is 225 Å². The van der Waals surface area contributed by atoms with E-state index in [0.29, 0.717) is 31.2 Å². The van der Waals surface area contributed by atoms with Crippen molar-refractivity contribution in [2.75, 3.05) is 45.4 Å². The van der Waals surface area contributed by atoms with Gasteiger partial charge >= 0.3 is 0 Å². The second-order valence-electron chi connectivity index (χ2n) is 10.1. The van der Waals surface area contributed by atoms with Crippen molar-refractivity contribution in [2.45, 2.75) is 25.0 Å². The topological polar surface area (TPSA) is 106 Å². The van der Waals surface area contributed by atoms with Gasteiger partial charge in [0.1, 0.15) is 18.2 Å². The summed E-state index contributed by atoms with van der Waals surface area (Å²) in [4.78, 5) is 14.2. The van der Waals surface area contributed by atoms with Crippen LogP contribution in [0.2, 0.25) is 0 Å². The molecule has 200 valence electrons. The molecule has 0 aromatic carbocycles. The molecule has 2 unspecified atom stereocenters. The first-order chi connectivity index (χ1) is 19.2. The van der Waals surface area contributed by atoms with Gasteiger partial charge in [0.05, 0.1) is 37.0 Å². The number of nitrogens with one attached hydrogen (secondary N) is 1. The number of rotatable bonds is 9. The highest BCUT2D eigenvalue weighted by Crippen LogP contribution is 2.37. The molecule has 0 saturated carbocycles. The molecule has 3 saturated heterocycles. The monoisotopic (exact) mass is 526 g/mol. The van der Waals surface area contributed by atoms with E-state index in [-0.39, 0.29) is 0 Å². The van der Waals surface area contributed by atoms with Crippen molar-refractivity contribution < 1.29 is 14.2 Å². The number of piperidine rings is 1. The number of nitrogens with zero attached hydrogens (tertiary/aromatic N) is 7. The van der Waals surface area contributed by atoms with Gasteiger partial charge in [0, 0.05) is 68.4 Å². The van der Waals surface area contributed by atoms with Gasteiger partial charge in [-0.15, -0.1) is 5.10 Å². The fourth-order valence-corrected chi connectivity index (χ4v) is 5.78. The highest BCUT2D eigenvalue weighted by molar-refractivity contribution is 6.00. The fourth-order valence-electron chi connectivity index (χ4n) is 5.78. The van der Waals surface area contributed by atoms with Crippen LogP contribution in [0, 0.1) is 0 Å². The van der Waals surface area contributed by atoms with Crippen LogP contribution in [-0.2, 0) is 11.3 Å². The van der Waals surface area contributed by atoms with Crippen molar-refractivity contribution in [1.29, 1.82) is 0 Å². The number of hydrogen-bond donors (Lipinski definition) is 1. The van der Waals surface area contributed by atoms with Crippen molar-refractivity contribution in [3.05, 3.63) is 60.7 Å². The predicted molar refractivity (Wildman–Crippen MR) is 146 cm³/mol. The lowest BCUT2D eigenvalue weighted by Gasteiger charge is -2.56. The van der Waals surface area contributed by atoms with Gasteiger partial charge in [-0.3, -0.25) is 10.00 Å². The Morgan fingerprint density at radius 2 is 1.90 bits per heavy atom. The van der Waals surface area contributed by atoms with E-state index in [9.17, 15) is 0 Å². The number of aromatic nitrogens is 6. The Balaban J connectivity index is 1.10. The van der Waals surface area contributed by atoms with Gasteiger partial charge in [0.2, 0.25) is 5.88 Å². The average Bonchev–Trinajstić information content (AvgIpc) is 3.57. The molecule has 39 heavy (non-hydrogen) atoms. The van der Waals surface area contributed by atoms with Gasteiger partial charge in [-0.05, 0) is 30.2 Å². The van der Waals surface area contributed by atoms with Crippen LogP contribution in [0.3, 0.4) is 0 Å². The summed E-state index contributed by atoms with van der Waals surface area (Å²) < 4.78 is 18.1. The zero-order valence-electron chi connectivity index (χ0n) is 21.9. The number of hydrogen-bond acceptors (Lipinski definition) is 9. The summed E-state index contributed by atoms with van der Waals surface area (Å²) in [5.41, 5.74) is 4.91. The highest BCUT2D eigenvalue weighted by atomic mass is 16.5. The smallest absolute Gasteiger partial charge is 0.212 e. The van der Waals surface area contributed by atoms with Crippen LogP contribution in [0.4, 0.5) is 5.82 Å². The molecule has 3 aliphatic heterocycles. The van der Waals surface area contributed by atoms with E-state index in [1.54, 1.807) is 14.2 Å². The van der Waals surface area contributed by atoms with Crippen LogP contribution in [-0.4, -0.2) is 87.3 Å². The third kappa shape index (κ3) is 4.33. The molecule has 0 spiro atoms. The largest absolute Gasteiger partial charge is 0.490 e. The Hall–Kier alpha value is -4.22. The summed E-state index contributed by atoms with van der Waals surface area (Å²) in [6.45, 7) is 3.83. The molecule has 2 bridgehead atoms. The van der Waals surface area contributed by atoms with E-state index in [2.05, 4.69) is 48.3 Å². The standard InChI is InChI=1S/C28H30N8O3/c1-37-7-8-39-22-10-23(27-24-13-31-32-28(24)33-36(27)17-22)19-4-5-25(29-12-19)34-15-20-9-21(16-34)35(20)14-18-3-6-26(38-2)30-11-18/h3-6,10-13,17,20-21H,7-9,14-16H2,1-2H3,(H,32,33). The average molecular weight is 527 g/mol. The lowest BCUT2D eigenvalue weighted by atomic mass is 9.87. The van der Waals surface area contributed by atoms with E-state index < -0.39 is 0 Å². The lowest BCUT2D eigenvalue weighted by molar-refractivity contribution is -0.00876. The van der Waals surface area contributed by atoms with Gasteiger partial charge in [-0.25, -0.2) is 14.5 Å². The second kappa shape index (κ2) is 9.83. The molecule has 0 amide bonds. The zero-order chi connectivity index (χ0) is 26.3. The van der Waals surface area contributed by atoms with Crippen LogP contribution in [0.5, 0.6) is 11.6 Å². The Bertz CT molecular complexity index is 1590. The number of pyridine rings is 3. The molecule has 1 N–H and O–H groups in total. The summed E-state index contributed by atoms with van der Waals surface area (Å²) >= 11 is 0. The molecular formula is C28H30N8O3. The minimum atomic E-state index is 0.461. The van der Waals surface area contributed by atoms with Crippen molar-refractivity contribution in [3.63, 3.8) is 0 Å². The van der Waals surface area contributed by atoms with Crippen LogP contribution in [0.15, 0.2) is 55.1 Å². The van der Waals surface area contributed by atoms with E-state index in [4.69, 9.17) is 19.2 Å². The molecule has 5 aromatic heterocycles. The maximum absolute atomic E-state index is 5.93. The summed E-state index contributed by atoms with van der Waals surface area (Å²) in [5.74, 6) is 2.38. The number of piperazine rings is 1. The Morgan fingerprint density at radius 1 is 1.00 bits per heavy atom. The molecule has 3 aliphatic rings. The number of fused-ring (bicyclic) bond motifs is 5. The minimum Gasteiger partial charge on any atom is -0.490 e. The number of aromatic amines is 1. The Morgan fingerprint density at radius 3 is 2.64 bits per heavy atom. The fraction of sp³-hybridized carbons (Fsp3) is 0.357. The second-order valence-corrected chi connectivity index (χ2v) is 10.1. The van der Waals surface area contributed by atoms with Crippen LogP contribution >= 0.6 is 0 Å². The molecule has 8 rings (SSSR count). The van der Waals surface area contributed by atoms with E-state index in [1.165, 1.54) is 12.0 Å². The maximum Gasteiger partial charge on any atom is 0.212 e. The third-order valence-electron chi connectivity index (χ3n) is 7.76. The van der Waals surface area contributed by atoms with Gasteiger partial charge in [-0.1, -0.05) is 6.07 Å². The first kappa shape index (κ1) is 23.9. The van der Waals surface area contributed by atoms with E-state index in [0.717, 1.165) is 58.9 Å². The quantitative estimate of drug-likeness (QED) is 0.290. The van der Waals surface area contributed by atoms with Crippen LogP contribution in [0.25, 0.3) is 27.7 Å². The number of anilines is 1.